The van der Waals surface area contributed by atoms with Gasteiger partial charge in [-0.15, -0.1) is 0 Å². The molecule has 1 aromatic heterocycles. The Balaban J connectivity index is 1.87. The van der Waals surface area contributed by atoms with Gasteiger partial charge in [0, 0.05) is 30.9 Å². The average molecular weight is 316 g/mol. The zero-order chi connectivity index (χ0) is 15.5. The van der Waals surface area contributed by atoms with Gasteiger partial charge < -0.3 is 15.2 Å². The number of nitrogen functional groups attached to an aromatic ring is 1. The highest BCUT2D eigenvalue weighted by Gasteiger charge is 2.30. The highest BCUT2D eigenvalue weighted by Crippen LogP contribution is 2.35. The molecule has 0 spiro atoms. The summed E-state index contributed by atoms with van der Waals surface area (Å²) in [5, 5.41) is 5.34. The molecule has 3 rings (SSSR count). The lowest BCUT2D eigenvalue weighted by atomic mass is 10.1. The number of rotatable bonds is 2. The summed E-state index contributed by atoms with van der Waals surface area (Å²) in [4.78, 5) is 6.68. The second-order valence-electron chi connectivity index (χ2n) is 5.30. The standard InChI is InChI=1S/C16H20N4OS/c1-18-16(22-2)20-8-4-7-14(20)13-10-15(21-19-13)11-5-3-6-12(17)9-11/h3,5-6,9-10,14H,4,7-8,17H2,1-2H3/b18-16-/t14-/m1/s1. The van der Waals surface area contributed by atoms with Crippen LogP contribution in [0.3, 0.4) is 0 Å². The van der Waals surface area contributed by atoms with Crippen LogP contribution in [0, 0.1) is 0 Å². The molecule has 2 heterocycles. The van der Waals surface area contributed by atoms with Gasteiger partial charge in [-0.3, -0.25) is 4.99 Å². The molecule has 0 saturated carbocycles. The lowest BCUT2D eigenvalue weighted by Gasteiger charge is -2.24. The minimum absolute atomic E-state index is 0.240. The zero-order valence-electron chi connectivity index (χ0n) is 12.8. The maximum atomic E-state index is 5.83. The van der Waals surface area contributed by atoms with E-state index in [1.54, 1.807) is 11.8 Å². The van der Waals surface area contributed by atoms with Crippen molar-refractivity contribution in [3.8, 4) is 11.3 Å². The molecule has 116 valence electrons. The van der Waals surface area contributed by atoms with Crippen LogP contribution in [0.4, 0.5) is 5.69 Å². The number of hydrogen-bond acceptors (Lipinski definition) is 5. The zero-order valence-corrected chi connectivity index (χ0v) is 13.6. The predicted molar refractivity (Wildman–Crippen MR) is 91.9 cm³/mol. The summed E-state index contributed by atoms with van der Waals surface area (Å²) < 4.78 is 5.53. The van der Waals surface area contributed by atoms with Crippen molar-refractivity contribution in [3.05, 3.63) is 36.0 Å². The van der Waals surface area contributed by atoms with E-state index in [4.69, 9.17) is 10.3 Å². The Hall–Kier alpha value is -1.95. The third-order valence-corrected chi connectivity index (χ3v) is 4.70. The number of aliphatic imine (C=N–C) groups is 1. The molecule has 0 radical (unpaired) electrons. The van der Waals surface area contributed by atoms with Crippen molar-refractivity contribution in [2.24, 2.45) is 4.99 Å². The predicted octanol–water partition coefficient (Wildman–Crippen LogP) is 3.41. The Morgan fingerprint density at radius 2 is 2.32 bits per heavy atom. The molecule has 0 amide bonds. The van der Waals surface area contributed by atoms with Crippen molar-refractivity contribution in [1.82, 2.24) is 10.1 Å². The molecular weight excluding hydrogens is 296 g/mol. The Bertz CT molecular complexity index is 682. The monoisotopic (exact) mass is 316 g/mol. The number of nitrogens with zero attached hydrogens (tertiary/aromatic N) is 3. The number of benzene rings is 1. The van der Waals surface area contributed by atoms with Gasteiger partial charge in [0.25, 0.3) is 0 Å². The lowest BCUT2D eigenvalue weighted by molar-refractivity contribution is 0.362. The van der Waals surface area contributed by atoms with Crippen LogP contribution in [-0.4, -0.2) is 35.1 Å². The fourth-order valence-corrected chi connectivity index (χ4v) is 3.55. The van der Waals surface area contributed by atoms with Crippen LogP contribution in [-0.2, 0) is 0 Å². The number of aromatic nitrogens is 1. The number of thioether (sulfide) groups is 1. The summed E-state index contributed by atoms with van der Waals surface area (Å²) in [7, 11) is 1.84. The molecule has 0 unspecified atom stereocenters. The molecule has 0 aliphatic carbocycles. The molecule has 1 saturated heterocycles. The largest absolute Gasteiger partial charge is 0.399 e. The van der Waals surface area contributed by atoms with Crippen molar-refractivity contribution in [2.45, 2.75) is 18.9 Å². The maximum absolute atomic E-state index is 5.83. The number of anilines is 1. The summed E-state index contributed by atoms with van der Waals surface area (Å²) in [6.45, 7) is 1.01. The first-order valence-corrected chi connectivity index (χ1v) is 8.55. The van der Waals surface area contributed by atoms with E-state index >= 15 is 0 Å². The SMILES string of the molecule is C/N=C(\SC)N1CCC[C@@H]1c1cc(-c2cccc(N)c2)on1. The van der Waals surface area contributed by atoms with E-state index in [0.717, 1.165) is 47.3 Å². The van der Waals surface area contributed by atoms with Crippen molar-refractivity contribution in [2.75, 3.05) is 25.6 Å². The molecular formula is C16H20N4OS. The summed E-state index contributed by atoms with van der Waals surface area (Å²) in [6.07, 6.45) is 4.27. The Labute approximate surface area is 134 Å². The molecule has 1 aromatic carbocycles. The van der Waals surface area contributed by atoms with Crippen LogP contribution in [0.2, 0.25) is 0 Å². The van der Waals surface area contributed by atoms with E-state index in [9.17, 15) is 0 Å². The lowest BCUT2D eigenvalue weighted by Crippen LogP contribution is -2.28. The Morgan fingerprint density at radius 3 is 3.05 bits per heavy atom. The van der Waals surface area contributed by atoms with Crippen molar-refractivity contribution in [3.63, 3.8) is 0 Å². The topological polar surface area (TPSA) is 67.7 Å². The maximum Gasteiger partial charge on any atom is 0.167 e. The van der Waals surface area contributed by atoms with E-state index in [-0.39, 0.29) is 6.04 Å². The number of nitrogens with two attached hydrogens (primary N) is 1. The van der Waals surface area contributed by atoms with Gasteiger partial charge in [0.05, 0.1) is 6.04 Å². The first kappa shape index (κ1) is 15.0. The normalized spacial score (nSPS) is 18.9. The molecule has 1 fully saturated rings. The van der Waals surface area contributed by atoms with E-state index in [1.807, 2.05) is 37.4 Å². The first-order valence-electron chi connectivity index (χ1n) is 7.33. The average Bonchev–Trinajstić information content (AvgIpc) is 3.17. The van der Waals surface area contributed by atoms with Crippen LogP contribution in [0.5, 0.6) is 0 Å². The van der Waals surface area contributed by atoms with Gasteiger partial charge in [-0.25, -0.2) is 0 Å². The smallest absolute Gasteiger partial charge is 0.167 e. The van der Waals surface area contributed by atoms with Gasteiger partial charge in [-0.2, -0.15) is 0 Å². The van der Waals surface area contributed by atoms with Gasteiger partial charge in [0.2, 0.25) is 0 Å². The van der Waals surface area contributed by atoms with Crippen molar-refractivity contribution >= 4 is 22.6 Å². The number of likely N-dealkylation sites (tertiary alicyclic amines) is 1. The second kappa shape index (κ2) is 6.44. The quantitative estimate of drug-likeness (QED) is 0.522. The van der Waals surface area contributed by atoms with E-state index in [0.29, 0.717) is 0 Å². The molecule has 1 aliphatic heterocycles. The molecule has 5 nitrogen and oxygen atoms in total. The van der Waals surface area contributed by atoms with Gasteiger partial charge in [-0.1, -0.05) is 29.1 Å². The van der Waals surface area contributed by atoms with Gasteiger partial charge in [-0.05, 0) is 31.2 Å². The van der Waals surface area contributed by atoms with Crippen LogP contribution in [0.1, 0.15) is 24.6 Å². The fourth-order valence-electron chi connectivity index (χ4n) is 2.91. The van der Waals surface area contributed by atoms with Crippen molar-refractivity contribution < 1.29 is 4.52 Å². The van der Waals surface area contributed by atoms with E-state index in [1.165, 1.54) is 0 Å². The molecule has 1 atom stereocenters. The fraction of sp³-hybridized carbons (Fsp3) is 0.375. The minimum atomic E-state index is 0.240. The molecule has 0 bridgehead atoms. The Morgan fingerprint density at radius 1 is 1.45 bits per heavy atom. The van der Waals surface area contributed by atoms with Crippen LogP contribution >= 0.6 is 11.8 Å². The van der Waals surface area contributed by atoms with Crippen LogP contribution < -0.4 is 5.73 Å². The minimum Gasteiger partial charge on any atom is -0.399 e. The number of hydrogen-bond donors (Lipinski definition) is 1. The van der Waals surface area contributed by atoms with E-state index < -0.39 is 0 Å². The summed E-state index contributed by atoms with van der Waals surface area (Å²) >= 11 is 1.67. The molecule has 22 heavy (non-hydrogen) atoms. The van der Waals surface area contributed by atoms with Gasteiger partial charge in [0.15, 0.2) is 10.9 Å². The van der Waals surface area contributed by atoms with Crippen LogP contribution in [0.15, 0.2) is 39.8 Å². The molecule has 1 aliphatic rings. The third-order valence-electron chi connectivity index (χ3n) is 3.91. The molecule has 2 N–H and O–H groups in total. The van der Waals surface area contributed by atoms with Crippen LogP contribution in [0.25, 0.3) is 11.3 Å². The molecule has 6 heteroatoms. The second-order valence-corrected chi connectivity index (χ2v) is 6.08. The molecule has 2 aromatic rings. The highest BCUT2D eigenvalue weighted by atomic mass is 32.2. The summed E-state index contributed by atoms with van der Waals surface area (Å²) in [6, 6.07) is 9.92. The van der Waals surface area contributed by atoms with Gasteiger partial charge >= 0.3 is 0 Å². The van der Waals surface area contributed by atoms with E-state index in [2.05, 4.69) is 21.3 Å². The summed E-state index contributed by atoms with van der Waals surface area (Å²) in [5.41, 5.74) is 8.48. The Kier molecular flexibility index (Phi) is 4.38. The number of amidine groups is 1. The highest BCUT2D eigenvalue weighted by molar-refractivity contribution is 8.13. The first-order chi connectivity index (χ1) is 10.7. The third kappa shape index (κ3) is 2.83. The summed E-state index contributed by atoms with van der Waals surface area (Å²) in [5.74, 6) is 0.758. The van der Waals surface area contributed by atoms with Crippen molar-refractivity contribution in [1.29, 1.82) is 0 Å². The van der Waals surface area contributed by atoms with Gasteiger partial charge in [0.1, 0.15) is 5.69 Å².